The Balaban J connectivity index is 1.27. The molecule has 5 rings (SSSR count). The number of aromatic nitrogens is 3. The maximum atomic E-state index is 13.2. The highest BCUT2D eigenvalue weighted by atomic mass is 32.2. The Morgan fingerprint density at radius 1 is 1.27 bits per heavy atom. The van der Waals surface area contributed by atoms with E-state index in [1.165, 1.54) is 12.0 Å². The Kier molecular flexibility index (Phi) is 5.59. The minimum absolute atomic E-state index is 0.204. The third-order valence-corrected chi connectivity index (χ3v) is 7.73. The zero-order valence-electron chi connectivity index (χ0n) is 17.4. The van der Waals surface area contributed by atoms with Crippen LogP contribution < -0.4 is 0 Å². The van der Waals surface area contributed by atoms with E-state index in [0.717, 1.165) is 54.5 Å². The Labute approximate surface area is 182 Å². The van der Waals surface area contributed by atoms with Crippen LogP contribution in [0, 0.1) is 24.7 Å². The van der Waals surface area contributed by atoms with Gasteiger partial charge in [-0.15, -0.1) is 0 Å². The van der Waals surface area contributed by atoms with Crippen molar-refractivity contribution in [2.24, 2.45) is 17.8 Å². The van der Waals surface area contributed by atoms with Crippen LogP contribution in [0.1, 0.15) is 48.4 Å². The molecule has 0 aromatic carbocycles. The summed E-state index contributed by atoms with van der Waals surface area (Å²) in [5, 5.41) is 0.807. The summed E-state index contributed by atoms with van der Waals surface area (Å²) < 4.78 is 0. The van der Waals surface area contributed by atoms with E-state index < -0.39 is 0 Å². The van der Waals surface area contributed by atoms with Crippen LogP contribution in [0.4, 0.5) is 0 Å². The SMILES string of the molecule is Cc1cnc(SCc2cccnc2)nc1C1CCCN(C(=O)[C@H]2C[C@@H]3C=C[C@H]2C3)C1. The molecule has 1 amide bonds. The molecule has 1 saturated heterocycles. The summed E-state index contributed by atoms with van der Waals surface area (Å²) in [6.07, 6.45) is 14.6. The molecule has 0 N–H and O–H groups in total. The van der Waals surface area contributed by atoms with Crippen molar-refractivity contribution < 1.29 is 4.79 Å². The van der Waals surface area contributed by atoms with Crippen LogP contribution in [0.3, 0.4) is 0 Å². The summed E-state index contributed by atoms with van der Waals surface area (Å²) in [4.78, 5) is 29.0. The molecule has 2 fully saturated rings. The molecule has 2 aliphatic carbocycles. The van der Waals surface area contributed by atoms with Gasteiger partial charge in [-0.3, -0.25) is 9.78 Å². The van der Waals surface area contributed by atoms with Crippen molar-refractivity contribution >= 4 is 17.7 Å². The zero-order chi connectivity index (χ0) is 20.5. The van der Waals surface area contributed by atoms with E-state index in [4.69, 9.17) is 4.98 Å². The molecular formula is C24H28N4OS. The van der Waals surface area contributed by atoms with Gasteiger partial charge < -0.3 is 4.90 Å². The third-order valence-electron chi connectivity index (χ3n) is 6.80. The molecule has 2 bridgehead atoms. The lowest BCUT2D eigenvalue weighted by Crippen LogP contribution is -2.43. The summed E-state index contributed by atoms with van der Waals surface area (Å²) in [5.41, 5.74) is 3.41. The van der Waals surface area contributed by atoms with Crippen molar-refractivity contribution in [3.05, 3.63) is 59.7 Å². The number of fused-ring (bicyclic) bond motifs is 2. The van der Waals surface area contributed by atoms with Gasteiger partial charge in [0.15, 0.2) is 5.16 Å². The van der Waals surface area contributed by atoms with E-state index in [9.17, 15) is 4.79 Å². The lowest BCUT2D eigenvalue weighted by atomic mass is 9.88. The normalized spacial score (nSPS) is 27.6. The molecule has 0 radical (unpaired) electrons. The monoisotopic (exact) mass is 420 g/mol. The van der Waals surface area contributed by atoms with Crippen LogP contribution in [0.5, 0.6) is 0 Å². The van der Waals surface area contributed by atoms with Crippen molar-refractivity contribution in [3.8, 4) is 0 Å². The van der Waals surface area contributed by atoms with Gasteiger partial charge in [0, 0.05) is 49.3 Å². The topological polar surface area (TPSA) is 59.0 Å². The minimum atomic E-state index is 0.204. The summed E-state index contributed by atoms with van der Waals surface area (Å²) in [6, 6.07) is 4.03. The fourth-order valence-corrected chi connectivity index (χ4v) is 6.01. The quantitative estimate of drug-likeness (QED) is 0.408. The average Bonchev–Trinajstić information content (AvgIpc) is 3.43. The number of aryl methyl sites for hydroxylation is 1. The van der Waals surface area contributed by atoms with Crippen molar-refractivity contribution in [1.82, 2.24) is 19.9 Å². The predicted octanol–water partition coefficient (Wildman–Crippen LogP) is 4.39. The van der Waals surface area contributed by atoms with Crippen LogP contribution >= 0.6 is 11.8 Å². The molecule has 1 aliphatic heterocycles. The number of carbonyl (C=O) groups excluding carboxylic acids is 1. The third kappa shape index (κ3) is 4.02. The van der Waals surface area contributed by atoms with Gasteiger partial charge in [-0.1, -0.05) is 30.0 Å². The molecule has 3 heterocycles. The van der Waals surface area contributed by atoms with Gasteiger partial charge in [-0.2, -0.15) is 0 Å². The maximum Gasteiger partial charge on any atom is 0.226 e. The molecule has 6 heteroatoms. The highest BCUT2D eigenvalue weighted by Crippen LogP contribution is 2.44. The van der Waals surface area contributed by atoms with Crippen molar-refractivity contribution in [3.63, 3.8) is 0 Å². The first-order valence-corrected chi connectivity index (χ1v) is 12.0. The smallest absolute Gasteiger partial charge is 0.226 e. The van der Waals surface area contributed by atoms with E-state index in [0.29, 0.717) is 23.7 Å². The van der Waals surface area contributed by atoms with Crippen molar-refractivity contribution in [2.45, 2.75) is 49.4 Å². The molecule has 1 unspecified atom stereocenters. The Hall–Kier alpha value is -2.21. The Morgan fingerprint density at radius 2 is 2.20 bits per heavy atom. The van der Waals surface area contributed by atoms with E-state index in [-0.39, 0.29) is 5.92 Å². The van der Waals surface area contributed by atoms with Crippen LogP contribution in [-0.4, -0.2) is 38.8 Å². The number of allylic oxidation sites excluding steroid dienone is 2. The second-order valence-electron chi connectivity index (χ2n) is 8.88. The number of pyridine rings is 1. The molecule has 3 aliphatic rings. The van der Waals surface area contributed by atoms with E-state index >= 15 is 0 Å². The largest absolute Gasteiger partial charge is 0.342 e. The van der Waals surface area contributed by atoms with Gasteiger partial charge >= 0.3 is 0 Å². The van der Waals surface area contributed by atoms with Gasteiger partial charge in [0.25, 0.3) is 0 Å². The number of piperidine rings is 1. The number of amides is 1. The molecule has 2 aromatic heterocycles. The molecule has 30 heavy (non-hydrogen) atoms. The van der Waals surface area contributed by atoms with Crippen LogP contribution in [0.2, 0.25) is 0 Å². The maximum absolute atomic E-state index is 13.2. The van der Waals surface area contributed by atoms with Crippen LogP contribution in [0.25, 0.3) is 0 Å². The molecule has 5 nitrogen and oxygen atoms in total. The number of hydrogen-bond donors (Lipinski definition) is 0. The molecule has 0 spiro atoms. The number of rotatable bonds is 5. The number of carbonyl (C=O) groups is 1. The van der Waals surface area contributed by atoms with Crippen LogP contribution in [0.15, 0.2) is 48.0 Å². The van der Waals surface area contributed by atoms with Gasteiger partial charge in [0.05, 0.1) is 5.69 Å². The van der Waals surface area contributed by atoms with Crippen LogP contribution in [-0.2, 0) is 10.5 Å². The van der Waals surface area contributed by atoms with Gasteiger partial charge in [-0.05, 0) is 61.6 Å². The number of thioether (sulfide) groups is 1. The Bertz CT molecular complexity index is 947. The van der Waals surface area contributed by atoms with E-state index in [1.807, 2.05) is 18.5 Å². The molecule has 156 valence electrons. The number of nitrogens with zero attached hydrogens (tertiary/aromatic N) is 4. The summed E-state index contributed by atoms with van der Waals surface area (Å²) >= 11 is 1.65. The van der Waals surface area contributed by atoms with E-state index in [1.54, 1.807) is 18.0 Å². The summed E-state index contributed by atoms with van der Waals surface area (Å²) in [7, 11) is 0. The zero-order valence-corrected chi connectivity index (χ0v) is 18.2. The van der Waals surface area contributed by atoms with Crippen molar-refractivity contribution in [2.75, 3.05) is 13.1 Å². The molecular weight excluding hydrogens is 392 g/mol. The Morgan fingerprint density at radius 3 is 2.97 bits per heavy atom. The van der Waals surface area contributed by atoms with E-state index in [2.05, 4.69) is 40.0 Å². The first kappa shape index (κ1) is 19.7. The predicted molar refractivity (Wildman–Crippen MR) is 118 cm³/mol. The fourth-order valence-electron chi connectivity index (χ4n) is 5.25. The molecule has 2 aromatic rings. The van der Waals surface area contributed by atoms with Gasteiger partial charge in [0.1, 0.15) is 0 Å². The first-order valence-electron chi connectivity index (χ1n) is 11.0. The first-order chi connectivity index (χ1) is 14.7. The number of likely N-dealkylation sites (tertiary alicyclic amines) is 1. The molecule has 1 saturated carbocycles. The summed E-state index contributed by atoms with van der Waals surface area (Å²) in [6.45, 7) is 3.77. The summed E-state index contributed by atoms with van der Waals surface area (Å²) in [5.74, 6) is 2.79. The standard InChI is InChI=1S/C24H28N4OS/c1-16-12-26-24(30-15-18-4-2-8-25-13-18)27-22(16)20-5-3-9-28(14-20)23(29)21-11-17-6-7-19(21)10-17/h2,4,6-8,12-13,17,19-21H,3,5,9-11,14-15H2,1H3/t17-,19+,20?,21+/m1/s1. The second-order valence-corrected chi connectivity index (χ2v) is 9.82. The number of hydrogen-bond acceptors (Lipinski definition) is 5. The highest BCUT2D eigenvalue weighted by Gasteiger charge is 2.42. The minimum Gasteiger partial charge on any atom is -0.342 e. The van der Waals surface area contributed by atoms with Gasteiger partial charge in [0.2, 0.25) is 5.91 Å². The second kappa shape index (κ2) is 8.50. The lowest BCUT2D eigenvalue weighted by molar-refractivity contribution is -0.137. The highest BCUT2D eigenvalue weighted by molar-refractivity contribution is 7.98. The van der Waals surface area contributed by atoms with Crippen molar-refractivity contribution in [1.29, 1.82) is 0 Å². The van der Waals surface area contributed by atoms with Gasteiger partial charge in [-0.25, -0.2) is 9.97 Å². The average molecular weight is 421 g/mol. The fraction of sp³-hybridized carbons (Fsp3) is 0.500. The molecule has 4 atom stereocenters. The lowest BCUT2D eigenvalue weighted by Gasteiger charge is -2.35.